The lowest BCUT2D eigenvalue weighted by Gasteiger charge is -2.14. The van der Waals surface area contributed by atoms with E-state index in [0.717, 1.165) is 11.3 Å². The van der Waals surface area contributed by atoms with E-state index in [-0.39, 0.29) is 6.09 Å². The predicted molar refractivity (Wildman–Crippen MR) is 79.2 cm³/mol. The van der Waals surface area contributed by atoms with Gasteiger partial charge in [-0.25, -0.2) is 9.78 Å². The second-order valence-corrected chi connectivity index (χ2v) is 4.80. The van der Waals surface area contributed by atoms with Gasteiger partial charge in [-0.2, -0.15) is 4.98 Å². The topological polar surface area (TPSA) is 67.3 Å². The van der Waals surface area contributed by atoms with Crippen molar-refractivity contribution < 1.29 is 9.53 Å². The second kappa shape index (κ2) is 5.78. The first kappa shape index (κ1) is 13.4. The van der Waals surface area contributed by atoms with Crippen LogP contribution in [0.3, 0.4) is 0 Å². The Hall–Kier alpha value is -2.63. The van der Waals surface area contributed by atoms with Crippen LogP contribution < -0.4 is 10.2 Å². The van der Waals surface area contributed by atoms with Gasteiger partial charge < -0.3 is 10.1 Å². The molecule has 0 bridgehead atoms. The first-order valence-electron chi connectivity index (χ1n) is 6.80. The summed E-state index contributed by atoms with van der Waals surface area (Å²) < 4.78 is 4.94. The lowest BCUT2D eigenvalue weighted by Crippen LogP contribution is -2.25. The molecule has 6 heteroatoms. The highest BCUT2D eigenvalue weighted by molar-refractivity contribution is 5.88. The van der Waals surface area contributed by atoms with Crippen LogP contribution in [0.1, 0.15) is 11.3 Å². The van der Waals surface area contributed by atoms with Gasteiger partial charge in [0.1, 0.15) is 12.4 Å². The van der Waals surface area contributed by atoms with E-state index in [2.05, 4.69) is 15.3 Å². The molecule has 1 aromatic heterocycles. The van der Waals surface area contributed by atoms with E-state index in [1.54, 1.807) is 6.07 Å². The molecule has 108 valence electrons. The fourth-order valence-electron chi connectivity index (χ4n) is 2.15. The minimum atomic E-state index is -0.359. The zero-order chi connectivity index (χ0) is 14.7. The number of hydrogen-bond donors (Lipinski definition) is 1. The summed E-state index contributed by atoms with van der Waals surface area (Å²) in [5.41, 5.74) is 1.94. The Balaban J connectivity index is 1.76. The van der Waals surface area contributed by atoms with Crippen LogP contribution >= 0.6 is 0 Å². The van der Waals surface area contributed by atoms with Gasteiger partial charge in [0.15, 0.2) is 0 Å². The van der Waals surface area contributed by atoms with Crippen molar-refractivity contribution >= 4 is 17.9 Å². The summed E-state index contributed by atoms with van der Waals surface area (Å²) >= 11 is 0. The molecule has 0 unspecified atom stereocenters. The Morgan fingerprint density at radius 2 is 2.10 bits per heavy atom. The number of nitrogens with one attached hydrogen (secondary N) is 1. The maximum atomic E-state index is 11.6. The molecule has 1 fully saturated rings. The lowest BCUT2D eigenvalue weighted by molar-refractivity contribution is 0.181. The lowest BCUT2D eigenvalue weighted by atomic mass is 10.2. The number of hydrogen-bond acceptors (Lipinski definition) is 5. The fraction of sp³-hybridized carbons (Fsp3) is 0.267. The van der Waals surface area contributed by atoms with Gasteiger partial charge in [0.05, 0.1) is 6.54 Å². The maximum absolute atomic E-state index is 11.6. The third-order valence-electron chi connectivity index (χ3n) is 3.17. The van der Waals surface area contributed by atoms with E-state index in [1.807, 2.05) is 37.3 Å². The van der Waals surface area contributed by atoms with Crippen molar-refractivity contribution in [1.29, 1.82) is 0 Å². The number of amides is 1. The van der Waals surface area contributed by atoms with Crippen LogP contribution in [0.4, 0.5) is 16.6 Å². The number of benzene rings is 1. The van der Waals surface area contributed by atoms with Gasteiger partial charge in [-0.15, -0.1) is 0 Å². The number of cyclic esters (lactones) is 1. The summed E-state index contributed by atoms with van der Waals surface area (Å²) in [4.78, 5) is 21.8. The zero-order valence-corrected chi connectivity index (χ0v) is 11.7. The van der Waals surface area contributed by atoms with E-state index >= 15 is 0 Å². The molecule has 0 aliphatic carbocycles. The molecular formula is C15H16N4O2. The largest absolute Gasteiger partial charge is 0.447 e. The highest BCUT2D eigenvalue weighted by Crippen LogP contribution is 2.18. The van der Waals surface area contributed by atoms with Crippen LogP contribution in [0, 0.1) is 6.92 Å². The molecule has 1 N–H and O–H groups in total. The minimum Gasteiger partial charge on any atom is -0.447 e. The van der Waals surface area contributed by atoms with Crippen molar-refractivity contribution in [2.45, 2.75) is 13.5 Å². The van der Waals surface area contributed by atoms with Crippen LogP contribution in [-0.4, -0.2) is 29.2 Å². The van der Waals surface area contributed by atoms with E-state index in [4.69, 9.17) is 4.74 Å². The molecule has 0 saturated carbocycles. The monoisotopic (exact) mass is 284 g/mol. The molecule has 2 aromatic rings. The standard InChI is InChI=1S/C15H16N4O2/c1-11-9-13(19-7-8-21-15(19)20)18-14(17-11)16-10-12-5-3-2-4-6-12/h2-6,9H,7-8,10H2,1H3,(H,16,17,18). The smallest absolute Gasteiger partial charge is 0.415 e. The van der Waals surface area contributed by atoms with Gasteiger partial charge in [-0.1, -0.05) is 30.3 Å². The molecule has 3 rings (SSSR count). The number of rotatable bonds is 4. The number of aromatic nitrogens is 2. The number of carbonyl (C=O) groups excluding carboxylic acids is 1. The van der Waals surface area contributed by atoms with Crippen molar-refractivity contribution in [2.24, 2.45) is 0 Å². The van der Waals surface area contributed by atoms with E-state index < -0.39 is 0 Å². The predicted octanol–water partition coefficient (Wildman–Crippen LogP) is 2.35. The Morgan fingerprint density at radius 3 is 2.81 bits per heavy atom. The minimum absolute atomic E-state index is 0.359. The van der Waals surface area contributed by atoms with Crippen molar-refractivity contribution in [2.75, 3.05) is 23.4 Å². The van der Waals surface area contributed by atoms with Crippen LogP contribution in [0.2, 0.25) is 0 Å². The Morgan fingerprint density at radius 1 is 1.29 bits per heavy atom. The molecule has 1 aromatic carbocycles. The van der Waals surface area contributed by atoms with Crippen LogP contribution in [0.5, 0.6) is 0 Å². The normalized spacial score (nSPS) is 14.1. The Kier molecular flexibility index (Phi) is 3.68. The van der Waals surface area contributed by atoms with E-state index in [1.165, 1.54) is 4.90 Å². The first-order chi connectivity index (χ1) is 10.2. The highest BCUT2D eigenvalue weighted by atomic mass is 16.6. The molecule has 0 atom stereocenters. The van der Waals surface area contributed by atoms with E-state index in [9.17, 15) is 4.79 Å². The Labute approximate surface area is 122 Å². The van der Waals surface area contributed by atoms with Gasteiger partial charge in [0.2, 0.25) is 5.95 Å². The summed E-state index contributed by atoms with van der Waals surface area (Å²) in [6.45, 7) is 3.43. The van der Waals surface area contributed by atoms with Gasteiger partial charge in [0, 0.05) is 18.3 Å². The van der Waals surface area contributed by atoms with Crippen LogP contribution in [0.15, 0.2) is 36.4 Å². The Bertz CT molecular complexity index is 645. The van der Waals surface area contributed by atoms with Crippen molar-refractivity contribution in [1.82, 2.24) is 9.97 Å². The number of ether oxygens (including phenoxy) is 1. The molecule has 1 aliphatic heterocycles. The third-order valence-corrected chi connectivity index (χ3v) is 3.17. The molecule has 21 heavy (non-hydrogen) atoms. The zero-order valence-electron chi connectivity index (χ0n) is 11.7. The van der Waals surface area contributed by atoms with Gasteiger partial charge in [-0.05, 0) is 12.5 Å². The molecule has 1 amide bonds. The average Bonchev–Trinajstić information content (AvgIpc) is 2.92. The number of nitrogens with zero attached hydrogens (tertiary/aromatic N) is 3. The molecule has 0 radical (unpaired) electrons. The molecule has 6 nitrogen and oxygen atoms in total. The summed E-state index contributed by atoms with van der Waals surface area (Å²) in [5, 5.41) is 3.18. The number of anilines is 2. The molecule has 0 spiro atoms. The number of carbonyl (C=O) groups is 1. The van der Waals surface area contributed by atoms with Gasteiger partial charge in [-0.3, -0.25) is 4.90 Å². The second-order valence-electron chi connectivity index (χ2n) is 4.80. The van der Waals surface area contributed by atoms with Gasteiger partial charge >= 0.3 is 6.09 Å². The molecular weight excluding hydrogens is 268 g/mol. The highest BCUT2D eigenvalue weighted by Gasteiger charge is 2.25. The summed E-state index contributed by atoms with van der Waals surface area (Å²) in [7, 11) is 0. The number of aryl methyl sites for hydroxylation is 1. The summed E-state index contributed by atoms with van der Waals surface area (Å²) in [5.74, 6) is 1.08. The maximum Gasteiger partial charge on any atom is 0.415 e. The molecule has 2 heterocycles. The van der Waals surface area contributed by atoms with Gasteiger partial charge in [0.25, 0.3) is 0 Å². The summed E-state index contributed by atoms with van der Waals surface area (Å²) in [6, 6.07) is 11.8. The quantitative estimate of drug-likeness (QED) is 0.933. The SMILES string of the molecule is Cc1cc(N2CCOC2=O)nc(NCc2ccccc2)n1. The molecule has 1 saturated heterocycles. The fourth-order valence-corrected chi connectivity index (χ4v) is 2.15. The summed E-state index contributed by atoms with van der Waals surface area (Å²) in [6.07, 6.45) is -0.359. The van der Waals surface area contributed by atoms with E-state index in [0.29, 0.717) is 31.5 Å². The molecule has 1 aliphatic rings. The van der Waals surface area contributed by atoms with Crippen molar-refractivity contribution in [3.8, 4) is 0 Å². The van der Waals surface area contributed by atoms with Crippen LogP contribution in [0.25, 0.3) is 0 Å². The first-order valence-corrected chi connectivity index (χ1v) is 6.80. The third kappa shape index (κ3) is 3.10. The van der Waals surface area contributed by atoms with Crippen molar-refractivity contribution in [3.63, 3.8) is 0 Å². The van der Waals surface area contributed by atoms with Crippen molar-refractivity contribution in [3.05, 3.63) is 47.7 Å². The average molecular weight is 284 g/mol. The van der Waals surface area contributed by atoms with Crippen LogP contribution in [-0.2, 0) is 11.3 Å².